The number of aliphatic carboxylic acids is 1. The Morgan fingerprint density at radius 1 is 1.31 bits per heavy atom. The van der Waals surface area contributed by atoms with Crippen molar-refractivity contribution in [1.82, 2.24) is 9.80 Å². The molecule has 0 aromatic rings. The SMILES string of the molecule is CSCC(=O)N1CCN(C(C)C(=O)O)CC1. The molecule has 1 N–H and O–H groups in total. The van der Waals surface area contributed by atoms with Gasteiger partial charge in [-0.15, -0.1) is 0 Å². The van der Waals surface area contributed by atoms with E-state index in [0.717, 1.165) is 0 Å². The fourth-order valence-electron chi connectivity index (χ4n) is 1.73. The lowest BCUT2D eigenvalue weighted by Crippen LogP contribution is -2.53. The van der Waals surface area contributed by atoms with Gasteiger partial charge in [0, 0.05) is 26.2 Å². The molecule has 1 amide bonds. The van der Waals surface area contributed by atoms with Crippen molar-refractivity contribution in [3.05, 3.63) is 0 Å². The lowest BCUT2D eigenvalue weighted by molar-refractivity contribution is -0.143. The highest BCUT2D eigenvalue weighted by Gasteiger charge is 2.26. The minimum atomic E-state index is -0.802. The summed E-state index contributed by atoms with van der Waals surface area (Å²) in [6, 6.07) is -0.460. The summed E-state index contributed by atoms with van der Waals surface area (Å²) in [7, 11) is 0. The standard InChI is InChI=1S/C10H18N2O3S/c1-8(10(14)15)11-3-5-12(6-4-11)9(13)7-16-2/h8H,3-7H2,1-2H3,(H,14,15). The smallest absolute Gasteiger partial charge is 0.320 e. The molecule has 0 aliphatic carbocycles. The van der Waals surface area contributed by atoms with E-state index in [9.17, 15) is 9.59 Å². The highest BCUT2D eigenvalue weighted by atomic mass is 32.2. The van der Waals surface area contributed by atoms with E-state index in [0.29, 0.717) is 31.9 Å². The van der Waals surface area contributed by atoms with Gasteiger partial charge < -0.3 is 10.0 Å². The molecule has 6 heteroatoms. The van der Waals surface area contributed by atoms with E-state index in [2.05, 4.69) is 0 Å². The molecular weight excluding hydrogens is 228 g/mol. The Hall–Kier alpha value is -0.750. The Bertz CT molecular complexity index is 265. The molecule has 92 valence electrons. The topological polar surface area (TPSA) is 60.9 Å². The normalized spacial score (nSPS) is 19.5. The molecule has 0 bridgehead atoms. The summed E-state index contributed by atoms with van der Waals surface area (Å²) in [6.45, 7) is 4.25. The predicted molar refractivity (Wildman–Crippen MR) is 63.6 cm³/mol. The number of amides is 1. The molecule has 1 aliphatic heterocycles. The lowest BCUT2D eigenvalue weighted by Gasteiger charge is -2.36. The van der Waals surface area contributed by atoms with Gasteiger partial charge in [-0.2, -0.15) is 11.8 Å². The molecule has 1 aliphatic rings. The summed E-state index contributed by atoms with van der Waals surface area (Å²) >= 11 is 1.52. The van der Waals surface area contributed by atoms with E-state index in [1.807, 2.05) is 16.1 Å². The molecule has 1 heterocycles. The van der Waals surface area contributed by atoms with E-state index in [1.54, 1.807) is 6.92 Å². The van der Waals surface area contributed by atoms with Crippen molar-refractivity contribution in [3.8, 4) is 0 Å². The first-order valence-electron chi connectivity index (χ1n) is 5.30. The fourth-order valence-corrected chi connectivity index (χ4v) is 2.16. The monoisotopic (exact) mass is 246 g/mol. The maximum absolute atomic E-state index is 11.6. The van der Waals surface area contributed by atoms with E-state index in [1.165, 1.54) is 11.8 Å². The quantitative estimate of drug-likeness (QED) is 0.754. The van der Waals surface area contributed by atoms with Crippen LogP contribution < -0.4 is 0 Å². The van der Waals surface area contributed by atoms with E-state index in [4.69, 9.17) is 5.11 Å². The van der Waals surface area contributed by atoms with Crippen LogP contribution in [0.15, 0.2) is 0 Å². The summed E-state index contributed by atoms with van der Waals surface area (Å²) in [5, 5.41) is 8.87. The molecule has 0 aromatic carbocycles. The fraction of sp³-hybridized carbons (Fsp3) is 0.800. The minimum absolute atomic E-state index is 0.148. The molecule has 1 rings (SSSR count). The Balaban J connectivity index is 2.39. The van der Waals surface area contributed by atoms with Gasteiger partial charge in [-0.1, -0.05) is 0 Å². The van der Waals surface area contributed by atoms with E-state index in [-0.39, 0.29) is 5.91 Å². The summed E-state index contributed by atoms with van der Waals surface area (Å²) in [4.78, 5) is 26.1. The molecule has 0 spiro atoms. The number of thioether (sulfide) groups is 1. The van der Waals surface area contributed by atoms with Crippen LogP contribution >= 0.6 is 11.8 Å². The Morgan fingerprint density at radius 3 is 2.31 bits per heavy atom. The highest BCUT2D eigenvalue weighted by molar-refractivity contribution is 7.99. The van der Waals surface area contributed by atoms with Crippen LogP contribution in [0.4, 0.5) is 0 Å². The molecule has 1 saturated heterocycles. The number of carboxylic acids is 1. The number of piperazine rings is 1. The van der Waals surface area contributed by atoms with Crippen LogP contribution in [0.5, 0.6) is 0 Å². The molecule has 1 fully saturated rings. The summed E-state index contributed by atoms with van der Waals surface area (Å²) < 4.78 is 0. The molecular formula is C10H18N2O3S. The molecule has 1 atom stereocenters. The van der Waals surface area contributed by atoms with Crippen molar-refractivity contribution >= 4 is 23.6 Å². The Kier molecular flexibility index (Phi) is 5.08. The van der Waals surface area contributed by atoms with Gasteiger partial charge >= 0.3 is 5.97 Å². The minimum Gasteiger partial charge on any atom is -0.480 e. The molecule has 0 saturated carbocycles. The second-order valence-corrected chi connectivity index (χ2v) is 4.73. The largest absolute Gasteiger partial charge is 0.480 e. The average molecular weight is 246 g/mol. The third-order valence-corrected chi connectivity index (χ3v) is 3.38. The molecule has 0 aromatic heterocycles. The van der Waals surface area contributed by atoms with Gasteiger partial charge in [0.15, 0.2) is 0 Å². The zero-order valence-electron chi connectivity index (χ0n) is 9.68. The Labute approximate surface area is 99.8 Å². The second-order valence-electron chi connectivity index (χ2n) is 3.86. The molecule has 1 unspecified atom stereocenters. The first kappa shape index (κ1) is 13.3. The summed E-state index contributed by atoms with van der Waals surface area (Å²) in [5.41, 5.74) is 0. The molecule has 0 radical (unpaired) electrons. The van der Waals surface area contributed by atoms with Crippen molar-refractivity contribution in [1.29, 1.82) is 0 Å². The maximum Gasteiger partial charge on any atom is 0.320 e. The van der Waals surface area contributed by atoms with Gasteiger partial charge in [-0.25, -0.2) is 0 Å². The number of carbonyl (C=O) groups excluding carboxylic acids is 1. The van der Waals surface area contributed by atoms with Gasteiger partial charge in [0.2, 0.25) is 5.91 Å². The lowest BCUT2D eigenvalue weighted by atomic mass is 10.2. The third kappa shape index (κ3) is 3.38. The number of rotatable bonds is 4. The first-order valence-corrected chi connectivity index (χ1v) is 6.69. The van der Waals surface area contributed by atoms with Crippen LogP contribution in [-0.4, -0.2) is 71.0 Å². The summed E-state index contributed by atoms with van der Waals surface area (Å²) in [6.07, 6.45) is 1.90. The number of carboxylic acid groups (broad SMARTS) is 1. The van der Waals surface area contributed by atoms with Gasteiger partial charge in [-0.3, -0.25) is 14.5 Å². The Morgan fingerprint density at radius 2 is 1.88 bits per heavy atom. The van der Waals surface area contributed by atoms with Gasteiger partial charge in [0.05, 0.1) is 5.75 Å². The van der Waals surface area contributed by atoms with Crippen LogP contribution in [0.2, 0.25) is 0 Å². The highest BCUT2D eigenvalue weighted by Crippen LogP contribution is 2.08. The van der Waals surface area contributed by atoms with Crippen LogP contribution in [0.1, 0.15) is 6.92 Å². The predicted octanol–water partition coefficient (Wildman–Crippen LogP) is -0.0333. The first-order chi connectivity index (χ1) is 7.56. The van der Waals surface area contributed by atoms with E-state index < -0.39 is 12.0 Å². The number of nitrogens with zero attached hydrogens (tertiary/aromatic N) is 2. The zero-order chi connectivity index (χ0) is 12.1. The summed E-state index contributed by atoms with van der Waals surface area (Å²) in [5.74, 6) is -0.145. The zero-order valence-corrected chi connectivity index (χ0v) is 10.5. The van der Waals surface area contributed by atoms with Crippen molar-refractivity contribution in [2.24, 2.45) is 0 Å². The van der Waals surface area contributed by atoms with Crippen molar-refractivity contribution < 1.29 is 14.7 Å². The average Bonchev–Trinajstić information content (AvgIpc) is 2.28. The van der Waals surface area contributed by atoms with Crippen LogP contribution in [0.3, 0.4) is 0 Å². The molecule has 5 nitrogen and oxygen atoms in total. The van der Waals surface area contributed by atoms with Gasteiger partial charge in [-0.05, 0) is 13.2 Å². The van der Waals surface area contributed by atoms with Crippen LogP contribution in [0.25, 0.3) is 0 Å². The third-order valence-electron chi connectivity index (χ3n) is 2.84. The van der Waals surface area contributed by atoms with E-state index >= 15 is 0 Å². The molecule has 16 heavy (non-hydrogen) atoms. The van der Waals surface area contributed by atoms with Crippen molar-refractivity contribution in [3.63, 3.8) is 0 Å². The maximum atomic E-state index is 11.6. The van der Waals surface area contributed by atoms with Gasteiger partial charge in [0.1, 0.15) is 6.04 Å². The number of hydrogen-bond acceptors (Lipinski definition) is 4. The number of carbonyl (C=O) groups is 2. The second kappa shape index (κ2) is 6.10. The van der Waals surface area contributed by atoms with Gasteiger partial charge in [0.25, 0.3) is 0 Å². The van der Waals surface area contributed by atoms with Crippen molar-refractivity contribution in [2.75, 3.05) is 38.2 Å². The van der Waals surface area contributed by atoms with Crippen LogP contribution in [0, 0.1) is 0 Å². The van der Waals surface area contributed by atoms with Crippen molar-refractivity contribution in [2.45, 2.75) is 13.0 Å². The van der Waals surface area contributed by atoms with Crippen LogP contribution in [-0.2, 0) is 9.59 Å². The number of hydrogen-bond donors (Lipinski definition) is 1.